The van der Waals surface area contributed by atoms with Gasteiger partial charge in [-0.15, -0.1) is 0 Å². The molecule has 5 fully saturated rings. The summed E-state index contributed by atoms with van der Waals surface area (Å²) in [6.07, 6.45) is -4.30. The van der Waals surface area contributed by atoms with Crippen molar-refractivity contribution < 1.29 is 59.5 Å². The zero-order valence-corrected chi connectivity index (χ0v) is 29.9. The number of ether oxygens (including phenoxy) is 4. The Morgan fingerprint density at radius 2 is 1.45 bits per heavy atom. The third kappa shape index (κ3) is 5.80. The summed E-state index contributed by atoms with van der Waals surface area (Å²) in [5, 5.41) is 72.5. The van der Waals surface area contributed by atoms with Crippen molar-refractivity contribution in [2.45, 2.75) is 154 Å². The lowest BCUT2D eigenvalue weighted by Crippen LogP contribution is -2.63. The standard InChI is InChI=1S/C37H60O12/c1-18(15-38)19-11-12-37(6)24-9-7-20-21(35(24,4)13-14-36(19,37)5)8-10-25(34(20,2)3)49-33-31(45)29(43)27(41)23(48-33)17-46-32-30(44)28(42)26(40)22(16-39)47-32/h7,15,18-19,21-33,39-45H,8-14,16-17H2,1-6H3/t18-,19-,21-,22-,23-,24-,25+,26-,27-,28+,29+,30-,31-,32-,33+,35+,36-,37+/m1/s1. The van der Waals surface area contributed by atoms with Crippen LogP contribution in [0.4, 0.5) is 0 Å². The van der Waals surface area contributed by atoms with Crippen LogP contribution < -0.4 is 0 Å². The van der Waals surface area contributed by atoms with Crippen molar-refractivity contribution in [2.75, 3.05) is 13.2 Å². The summed E-state index contributed by atoms with van der Waals surface area (Å²) in [6.45, 7) is 12.8. The maximum Gasteiger partial charge on any atom is 0.187 e. The molecule has 2 heterocycles. The maximum absolute atomic E-state index is 11.9. The zero-order valence-electron chi connectivity index (χ0n) is 29.9. The molecule has 0 aromatic carbocycles. The summed E-state index contributed by atoms with van der Waals surface area (Å²) >= 11 is 0. The molecule has 12 nitrogen and oxygen atoms in total. The molecule has 4 aliphatic carbocycles. The van der Waals surface area contributed by atoms with E-state index in [2.05, 4.69) is 47.6 Å². The second kappa shape index (κ2) is 13.4. The number of hydrogen-bond acceptors (Lipinski definition) is 12. The van der Waals surface area contributed by atoms with Gasteiger partial charge in [-0.25, -0.2) is 0 Å². The Kier molecular flexibility index (Phi) is 10.3. The topological polar surface area (TPSA) is 196 Å². The number of fused-ring (bicyclic) bond motifs is 5. The Balaban J connectivity index is 1.16. The molecule has 3 saturated carbocycles. The second-order valence-electron chi connectivity index (χ2n) is 17.5. The minimum atomic E-state index is -1.64. The van der Waals surface area contributed by atoms with Crippen LogP contribution >= 0.6 is 0 Å². The van der Waals surface area contributed by atoms with Gasteiger partial charge in [-0.3, -0.25) is 0 Å². The van der Waals surface area contributed by atoms with Gasteiger partial charge in [0.15, 0.2) is 12.6 Å². The minimum Gasteiger partial charge on any atom is -0.394 e. The minimum absolute atomic E-state index is 0.0632. The van der Waals surface area contributed by atoms with Crippen LogP contribution in [-0.2, 0) is 23.7 Å². The second-order valence-corrected chi connectivity index (χ2v) is 17.5. The molecule has 12 heteroatoms. The quantitative estimate of drug-likeness (QED) is 0.143. The van der Waals surface area contributed by atoms with E-state index in [1.807, 2.05) is 0 Å². The Labute approximate surface area is 289 Å². The molecule has 2 aliphatic heterocycles. The van der Waals surface area contributed by atoms with Crippen molar-refractivity contribution in [2.24, 2.45) is 45.3 Å². The van der Waals surface area contributed by atoms with Crippen LogP contribution in [0.15, 0.2) is 11.6 Å². The van der Waals surface area contributed by atoms with Gasteiger partial charge in [0.1, 0.15) is 55.1 Å². The van der Waals surface area contributed by atoms with E-state index < -0.39 is 80.0 Å². The van der Waals surface area contributed by atoms with Crippen LogP contribution in [0, 0.1) is 45.3 Å². The highest BCUT2D eigenvalue weighted by Crippen LogP contribution is 2.74. The fraction of sp³-hybridized carbons (Fsp3) is 0.919. The fourth-order valence-corrected chi connectivity index (χ4v) is 11.6. The van der Waals surface area contributed by atoms with E-state index in [4.69, 9.17) is 18.9 Å². The van der Waals surface area contributed by atoms with Gasteiger partial charge >= 0.3 is 0 Å². The number of aldehydes is 1. The van der Waals surface area contributed by atoms with E-state index in [0.717, 1.165) is 44.8 Å². The summed E-state index contributed by atoms with van der Waals surface area (Å²) in [6, 6.07) is 0. The van der Waals surface area contributed by atoms with Gasteiger partial charge in [0.05, 0.1) is 19.3 Å². The summed E-state index contributed by atoms with van der Waals surface area (Å²) in [7, 11) is 0. The molecule has 0 radical (unpaired) electrons. The van der Waals surface area contributed by atoms with Crippen molar-refractivity contribution >= 4 is 6.29 Å². The molecule has 280 valence electrons. The van der Waals surface area contributed by atoms with Crippen molar-refractivity contribution in [3.8, 4) is 0 Å². The monoisotopic (exact) mass is 696 g/mol. The molecule has 6 aliphatic rings. The SMILES string of the molecule is C[C@H](C=O)[C@H]1CC[C@@]2(C)[C@@H]3CC=C4[C@@H](CC[C@H](O[C@@H]5O[C@H](CO[C@@H]6O[C@H](CO)[C@@H](O)[C@H](O)[C@H]6O)[C@@H](O)[C@H](O)[C@H]5O)C4(C)C)[C@]3(C)CC[C@]12C. The summed E-state index contributed by atoms with van der Waals surface area (Å²) < 4.78 is 23.5. The highest BCUT2D eigenvalue weighted by molar-refractivity contribution is 5.54. The van der Waals surface area contributed by atoms with Crippen LogP contribution in [0.3, 0.4) is 0 Å². The van der Waals surface area contributed by atoms with Crippen molar-refractivity contribution in [3.63, 3.8) is 0 Å². The highest BCUT2D eigenvalue weighted by Gasteiger charge is 2.67. The van der Waals surface area contributed by atoms with E-state index in [1.54, 1.807) is 0 Å². The third-order valence-electron chi connectivity index (χ3n) is 14.9. The largest absolute Gasteiger partial charge is 0.394 e. The summed E-state index contributed by atoms with van der Waals surface area (Å²) in [5.41, 5.74) is 1.33. The molecule has 0 unspecified atom stereocenters. The van der Waals surface area contributed by atoms with E-state index in [0.29, 0.717) is 24.2 Å². The van der Waals surface area contributed by atoms with Gasteiger partial charge in [-0.05, 0) is 78.9 Å². The highest BCUT2D eigenvalue weighted by atomic mass is 16.7. The molecule has 18 atom stereocenters. The van der Waals surface area contributed by atoms with Crippen LogP contribution in [0.2, 0.25) is 0 Å². The first-order valence-corrected chi connectivity index (χ1v) is 18.4. The first-order valence-electron chi connectivity index (χ1n) is 18.4. The lowest BCUT2D eigenvalue weighted by molar-refractivity contribution is -0.340. The van der Waals surface area contributed by atoms with Crippen LogP contribution in [0.5, 0.6) is 0 Å². The number of aliphatic hydroxyl groups excluding tert-OH is 7. The predicted octanol–water partition coefficient (Wildman–Crippen LogP) is 1.44. The molecule has 0 amide bonds. The first-order chi connectivity index (χ1) is 23.0. The lowest BCUT2D eigenvalue weighted by atomic mass is 9.39. The van der Waals surface area contributed by atoms with Crippen LogP contribution in [0.1, 0.15) is 86.5 Å². The normalized spacial score (nSPS) is 53.1. The van der Waals surface area contributed by atoms with Crippen molar-refractivity contribution in [1.29, 1.82) is 0 Å². The molecule has 7 N–H and O–H groups in total. The van der Waals surface area contributed by atoms with Gasteiger partial charge in [0.25, 0.3) is 0 Å². The lowest BCUT2D eigenvalue weighted by Gasteiger charge is -2.66. The van der Waals surface area contributed by atoms with E-state index in [1.165, 1.54) is 5.57 Å². The Bertz CT molecular complexity index is 1240. The summed E-state index contributed by atoms with van der Waals surface area (Å²) in [4.78, 5) is 11.9. The van der Waals surface area contributed by atoms with E-state index in [-0.39, 0.29) is 28.3 Å². The van der Waals surface area contributed by atoms with Gasteiger partial charge in [0, 0.05) is 11.3 Å². The third-order valence-corrected chi connectivity index (χ3v) is 14.9. The van der Waals surface area contributed by atoms with E-state index >= 15 is 0 Å². The van der Waals surface area contributed by atoms with Gasteiger partial charge in [-0.1, -0.05) is 53.2 Å². The smallest absolute Gasteiger partial charge is 0.187 e. The molecule has 2 saturated heterocycles. The van der Waals surface area contributed by atoms with Gasteiger partial charge in [0.2, 0.25) is 0 Å². The van der Waals surface area contributed by atoms with Gasteiger partial charge < -0.3 is 59.5 Å². The maximum atomic E-state index is 11.9. The average molecular weight is 697 g/mol. The molecular weight excluding hydrogens is 636 g/mol. The number of aliphatic hydroxyl groups is 7. The van der Waals surface area contributed by atoms with Crippen LogP contribution in [0.25, 0.3) is 0 Å². The number of rotatable bonds is 8. The van der Waals surface area contributed by atoms with Gasteiger partial charge in [-0.2, -0.15) is 0 Å². The molecular formula is C37H60O12. The molecule has 6 rings (SSSR count). The molecule has 49 heavy (non-hydrogen) atoms. The first kappa shape index (κ1) is 37.7. The van der Waals surface area contributed by atoms with E-state index in [9.17, 15) is 40.5 Å². The predicted molar refractivity (Wildman–Crippen MR) is 175 cm³/mol. The zero-order chi connectivity index (χ0) is 35.8. The fourth-order valence-electron chi connectivity index (χ4n) is 11.6. The Morgan fingerprint density at radius 3 is 2.10 bits per heavy atom. The number of hydrogen-bond donors (Lipinski definition) is 7. The Hall–Kier alpha value is -1.03. The van der Waals surface area contributed by atoms with Crippen LogP contribution in [-0.4, -0.2) is 123 Å². The molecule has 0 aromatic heterocycles. The molecule has 0 spiro atoms. The number of carbonyl (C=O) groups excluding carboxylic acids is 1. The Morgan fingerprint density at radius 1 is 0.816 bits per heavy atom. The number of allylic oxidation sites excluding steroid dienone is 1. The summed E-state index contributed by atoms with van der Waals surface area (Å²) in [5.74, 6) is 1.35. The molecule has 0 aromatic rings. The van der Waals surface area contributed by atoms with Crippen molar-refractivity contribution in [3.05, 3.63) is 11.6 Å². The number of carbonyl (C=O) groups is 1. The average Bonchev–Trinajstić information content (AvgIpc) is 3.35. The molecule has 0 bridgehead atoms. The van der Waals surface area contributed by atoms with Crippen molar-refractivity contribution in [1.82, 2.24) is 0 Å².